The second kappa shape index (κ2) is 9.52. The van der Waals surface area contributed by atoms with Gasteiger partial charge in [0.05, 0.1) is 32.9 Å². The number of rotatable bonds is 9. The molecule has 0 spiro atoms. The van der Waals surface area contributed by atoms with Crippen molar-refractivity contribution in [3.8, 4) is 0 Å². The third-order valence-electron chi connectivity index (χ3n) is 3.52. The molecule has 128 valence electrons. The molecule has 6 heteroatoms. The molecule has 0 atom stereocenters. The van der Waals surface area contributed by atoms with Gasteiger partial charge in [-0.05, 0) is 17.7 Å². The molecule has 0 unspecified atom stereocenters. The summed E-state index contributed by atoms with van der Waals surface area (Å²) >= 11 is 0. The van der Waals surface area contributed by atoms with Gasteiger partial charge in [-0.25, -0.2) is 0 Å². The summed E-state index contributed by atoms with van der Waals surface area (Å²) in [7, 11) is 1.36. The van der Waals surface area contributed by atoms with Gasteiger partial charge in [-0.3, -0.25) is 14.5 Å². The minimum absolute atomic E-state index is 0.118. The van der Waals surface area contributed by atoms with Crippen molar-refractivity contribution in [2.45, 2.75) is 19.5 Å². The fraction of sp³-hybridized carbons (Fsp3) is 0.333. The molecule has 1 N–H and O–H groups in total. The summed E-state index contributed by atoms with van der Waals surface area (Å²) in [6.07, 6.45) is 1.81. The largest absolute Gasteiger partial charge is 0.469 e. The van der Waals surface area contributed by atoms with Crippen LogP contribution < -0.4 is 5.32 Å². The first-order valence-corrected chi connectivity index (χ1v) is 7.79. The lowest BCUT2D eigenvalue weighted by atomic mass is 10.2. The predicted octanol–water partition coefficient (Wildman–Crippen LogP) is 1.96. The lowest BCUT2D eigenvalue weighted by Gasteiger charge is -2.21. The number of benzene rings is 1. The number of hydrogen-bond donors (Lipinski definition) is 1. The summed E-state index contributed by atoms with van der Waals surface area (Å²) in [6, 6.07) is 13.4. The number of carbonyl (C=O) groups excluding carboxylic acids is 2. The molecule has 24 heavy (non-hydrogen) atoms. The number of hydrogen-bond acceptors (Lipinski definition) is 5. The second-order valence-corrected chi connectivity index (χ2v) is 5.38. The standard InChI is InChI=1S/C18H22N2O4/c1-23-18(22)9-10-20(13-15-6-3-2-4-7-15)14-17(21)19-12-16-8-5-11-24-16/h2-8,11H,9-10,12-14H2,1H3,(H,19,21). The highest BCUT2D eigenvalue weighted by atomic mass is 16.5. The lowest BCUT2D eigenvalue weighted by Crippen LogP contribution is -2.37. The van der Waals surface area contributed by atoms with Crippen LogP contribution in [0.15, 0.2) is 53.1 Å². The number of esters is 1. The molecule has 6 nitrogen and oxygen atoms in total. The topological polar surface area (TPSA) is 71.8 Å². The van der Waals surface area contributed by atoms with Crippen molar-refractivity contribution in [1.82, 2.24) is 10.2 Å². The van der Waals surface area contributed by atoms with Crippen molar-refractivity contribution >= 4 is 11.9 Å². The number of nitrogens with one attached hydrogen (secondary N) is 1. The van der Waals surface area contributed by atoms with E-state index < -0.39 is 0 Å². The normalized spacial score (nSPS) is 10.6. The van der Waals surface area contributed by atoms with Crippen molar-refractivity contribution in [3.05, 3.63) is 60.1 Å². The number of nitrogens with zero attached hydrogens (tertiary/aromatic N) is 1. The van der Waals surface area contributed by atoms with E-state index in [2.05, 4.69) is 10.1 Å². The van der Waals surface area contributed by atoms with Crippen LogP contribution in [0.1, 0.15) is 17.7 Å². The number of carbonyl (C=O) groups is 2. The minimum atomic E-state index is -0.288. The van der Waals surface area contributed by atoms with Gasteiger partial charge in [0.15, 0.2) is 0 Å². The maximum absolute atomic E-state index is 12.1. The zero-order valence-corrected chi connectivity index (χ0v) is 13.7. The molecule has 1 amide bonds. The number of amides is 1. The first-order valence-electron chi connectivity index (χ1n) is 7.79. The Morgan fingerprint density at radius 1 is 1.17 bits per heavy atom. The molecule has 0 bridgehead atoms. The van der Waals surface area contributed by atoms with E-state index in [9.17, 15) is 9.59 Å². The monoisotopic (exact) mass is 330 g/mol. The van der Waals surface area contributed by atoms with Crippen molar-refractivity contribution in [2.75, 3.05) is 20.2 Å². The summed E-state index contributed by atoms with van der Waals surface area (Å²) in [5.74, 6) is 0.295. The highest BCUT2D eigenvalue weighted by Crippen LogP contribution is 2.06. The van der Waals surface area contributed by atoms with Gasteiger partial charge in [0.25, 0.3) is 0 Å². The third-order valence-corrected chi connectivity index (χ3v) is 3.52. The Balaban J connectivity index is 1.88. The Morgan fingerprint density at radius 3 is 2.62 bits per heavy atom. The smallest absolute Gasteiger partial charge is 0.306 e. The van der Waals surface area contributed by atoms with Gasteiger partial charge in [-0.1, -0.05) is 30.3 Å². The van der Waals surface area contributed by atoms with E-state index in [-0.39, 0.29) is 24.8 Å². The first kappa shape index (κ1) is 17.7. The SMILES string of the molecule is COC(=O)CCN(CC(=O)NCc1ccco1)Cc1ccccc1. The van der Waals surface area contributed by atoms with E-state index in [4.69, 9.17) is 4.42 Å². The minimum Gasteiger partial charge on any atom is -0.469 e. The van der Waals surface area contributed by atoms with E-state index >= 15 is 0 Å². The van der Waals surface area contributed by atoms with Crippen LogP contribution in [0.3, 0.4) is 0 Å². The van der Waals surface area contributed by atoms with E-state index in [1.165, 1.54) is 7.11 Å². The van der Waals surface area contributed by atoms with Gasteiger partial charge in [0, 0.05) is 13.1 Å². The van der Waals surface area contributed by atoms with Crippen LogP contribution in [-0.2, 0) is 27.4 Å². The quantitative estimate of drug-likeness (QED) is 0.712. The van der Waals surface area contributed by atoms with Crippen LogP contribution in [-0.4, -0.2) is 37.0 Å². The van der Waals surface area contributed by atoms with Crippen molar-refractivity contribution in [3.63, 3.8) is 0 Å². The van der Waals surface area contributed by atoms with Gasteiger partial charge >= 0.3 is 5.97 Å². The maximum atomic E-state index is 12.1. The second-order valence-electron chi connectivity index (χ2n) is 5.38. The van der Waals surface area contributed by atoms with Gasteiger partial charge in [-0.15, -0.1) is 0 Å². The molecule has 1 heterocycles. The molecule has 0 aliphatic heterocycles. The van der Waals surface area contributed by atoms with Gasteiger partial charge in [-0.2, -0.15) is 0 Å². The summed E-state index contributed by atoms with van der Waals surface area (Å²) in [4.78, 5) is 25.4. The molecule has 0 saturated heterocycles. The molecule has 2 aromatic rings. The van der Waals surface area contributed by atoms with Crippen LogP contribution in [0.5, 0.6) is 0 Å². The zero-order chi connectivity index (χ0) is 17.2. The average molecular weight is 330 g/mol. The Hall–Kier alpha value is -2.60. The molecule has 1 aromatic carbocycles. The lowest BCUT2D eigenvalue weighted by molar-refractivity contribution is -0.141. The average Bonchev–Trinajstić information content (AvgIpc) is 3.12. The third kappa shape index (κ3) is 6.26. The first-order chi connectivity index (χ1) is 11.7. The van der Waals surface area contributed by atoms with E-state index in [0.717, 1.165) is 5.56 Å². The highest BCUT2D eigenvalue weighted by Gasteiger charge is 2.13. The molecule has 0 radical (unpaired) electrons. The van der Waals surface area contributed by atoms with Crippen molar-refractivity contribution in [2.24, 2.45) is 0 Å². The molecule has 0 fully saturated rings. The fourth-order valence-corrected chi connectivity index (χ4v) is 2.26. The van der Waals surface area contributed by atoms with Crippen LogP contribution >= 0.6 is 0 Å². The number of furan rings is 1. The summed E-state index contributed by atoms with van der Waals surface area (Å²) in [6.45, 7) is 1.59. The Morgan fingerprint density at radius 2 is 1.96 bits per heavy atom. The van der Waals surface area contributed by atoms with E-state index in [1.807, 2.05) is 35.2 Å². The zero-order valence-electron chi connectivity index (χ0n) is 13.7. The molecule has 2 rings (SSSR count). The van der Waals surface area contributed by atoms with Gasteiger partial charge < -0.3 is 14.5 Å². The molecule has 1 aromatic heterocycles. The molecule has 0 aliphatic rings. The molecule has 0 saturated carbocycles. The summed E-state index contributed by atoms with van der Waals surface area (Å²) < 4.78 is 9.86. The Bertz CT molecular complexity index is 626. The predicted molar refractivity (Wildman–Crippen MR) is 88.9 cm³/mol. The maximum Gasteiger partial charge on any atom is 0.306 e. The van der Waals surface area contributed by atoms with Gasteiger partial charge in [0.2, 0.25) is 5.91 Å². The van der Waals surface area contributed by atoms with E-state index in [0.29, 0.717) is 25.4 Å². The Labute approximate surface area is 141 Å². The van der Waals surface area contributed by atoms with Gasteiger partial charge in [0.1, 0.15) is 5.76 Å². The highest BCUT2D eigenvalue weighted by molar-refractivity contribution is 5.78. The summed E-state index contributed by atoms with van der Waals surface area (Å²) in [5, 5.41) is 2.81. The molecule has 0 aliphatic carbocycles. The molecular formula is C18H22N2O4. The van der Waals surface area contributed by atoms with Crippen molar-refractivity contribution in [1.29, 1.82) is 0 Å². The summed E-state index contributed by atoms with van der Waals surface area (Å²) in [5.41, 5.74) is 1.08. The van der Waals surface area contributed by atoms with E-state index in [1.54, 1.807) is 18.4 Å². The van der Waals surface area contributed by atoms with Crippen LogP contribution in [0, 0.1) is 0 Å². The van der Waals surface area contributed by atoms with Crippen molar-refractivity contribution < 1.29 is 18.7 Å². The van der Waals surface area contributed by atoms with Crippen LogP contribution in [0.2, 0.25) is 0 Å². The number of methoxy groups -OCH3 is 1. The fourth-order valence-electron chi connectivity index (χ4n) is 2.26. The Kier molecular flexibility index (Phi) is 7.04. The van der Waals surface area contributed by atoms with Crippen LogP contribution in [0.4, 0.5) is 0 Å². The number of ether oxygens (including phenoxy) is 1. The molecular weight excluding hydrogens is 308 g/mol. The van der Waals surface area contributed by atoms with Crippen LogP contribution in [0.25, 0.3) is 0 Å².